The minimum absolute atomic E-state index is 0.843. The number of likely N-dealkylation sites (tertiary alicyclic amines) is 1. The summed E-state index contributed by atoms with van der Waals surface area (Å²) in [7, 11) is 0. The van der Waals surface area contributed by atoms with Crippen LogP contribution in [0, 0.1) is 0 Å². The second-order valence-electron chi connectivity index (χ2n) is 5.20. The predicted molar refractivity (Wildman–Crippen MR) is 82.0 cm³/mol. The van der Waals surface area contributed by atoms with Crippen LogP contribution < -0.4 is 0 Å². The topological polar surface area (TPSA) is 12.5 Å². The minimum Gasteiger partial charge on any atom is -0.381 e. The third kappa shape index (κ3) is 3.56. The molecule has 2 heterocycles. The highest BCUT2D eigenvalue weighted by atomic mass is 32.1. The first-order valence-electron chi connectivity index (χ1n) is 7.18. The summed E-state index contributed by atoms with van der Waals surface area (Å²) in [5, 5.41) is 3.51. The van der Waals surface area contributed by atoms with Crippen molar-refractivity contribution in [2.24, 2.45) is 0 Å². The Bertz CT molecular complexity index is 518. The minimum atomic E-state index is 0.843. The van der Waals surface area contributed by atoms with Crippen molar-refractivity contribution >= 4 is 21.4 Å². The van der Waals surface area contributed by atoms with E-state index in [1.54, 1.807) is 11.3 Å². The van der Waals surface area contributed by atoms with E-state index in [1.807, 2.05) is 0 Å². The van der Waals surface area contributed by atoms with Crippen molar-refractivity contribution in [3.05, 3.63) is 35.2 Å². The first-order chi connectivity index (χ1) is 9.42. The van der Waals surface area contributed by atoms with Crippen molar-refractivity contribution in [1.29, 1.82) is 0 Å². The lowest BCUT2D eigenvalue weighted by molar-refractivity contribution is 0.109. The van der Waals surface area contributed by atoms with Crippen molar-refractivity contribution in [1.82, 2.24) is 4.90 Å². The number of nitrogens with zero attached hydrogens (tertiary/aromatic N) is 1. The summed E-state index contributed by atoms with van der Waals surface area (Å²) in [6.45, 7) is 5.54. The summed E-state index contributed by atoms with van der Waals surface area (Å²) >= 11 is 1.81. The van der Waals surface area contributed by atoms with E-state index in [0.717, 1.165) is 19.6 Å². The van der Waals surface area contributed by atoms with Crippen LogP contribution in [-0.2, 0) is 11.2 Å². The Morgan fingerprint density at radius 1 is 1.16 bits per heavy atom. The maximum absolute atomic E-state index is 5.73. The molecule has 1 aliphatic rings. The van der Waals surface area contributed by atoms with Gasteiger partial charge in [0.25, 0.3) is 0 Å². The molecule has 1 aliphatic heterocycles. The molecule has 0 saturated carbocycles. The Labute approximate surface area is 119 Å². The van der Waals surface area contributed by atoms with Crippen molar-refractivity contribution < 1.29 is 4.74 Å². The van der Waals surface area contributed by atoms with Gasteiger partial charge in [0.15, 0.2) is 0 Å². The molecule has 1 aromatic heterocycles. The molecule has 1 fully saturated rings. The van der Waals surface area contributed by atoms with Gasteiger partial charge in [0.1, 0.15) is 0 Å². The SMILES string of the molecule is c1cc2cc(CCOCCCN3CCC3)ccc2s1. The van der Waals surface area contributed by atoms with Crippen LogP contribution in [0.4, 0.5) is 0 Å². The highest BCUT2D eigenvalue weighted by Gasteiger charge is 2.11. The molecule has 0 radical (unpaired) electrons. The van der Waals surface area contributed by atoms with Gasteiger partial charge in [-0.15, -0.1) is 11.3 Å². The molecule has 0 bridgehead atoms. The van der Waals surface area contributed by atoms with Gasteiger partial charge in [-0.1, -0.05) is 12.1 Å². The van der Waals surface area contributed by atoms with Gasteiger partial charge in [0.2, 0.25) is 0 Å². The Kier molecular flexibility index (Phi) is 4.49. The van der Waals surface area contributed by atoms with Crippen LogP contribution in [0.15, 0.2) is 29.6 Å². The fourth-order valence-electron chi connectivity index (χ4n) is 2.46. The first kappa shape index (κ1) is 13.1. The maximum atomic E-state index is 5.73. The zero-order valence-electron chi connectivity index (χ0n) is 11.3. The molecule has 0 unspecified atom stereocenters. The lowest BCUT2D eigenvalue weighted by Gasteiger charge is -2.30. The summed E-state index contributed by atoms with van der Waals surface area (Å²) in [6.07, 6.45) is 3.57. The molecule has 2 nitrogen and oxygen atoms in total. The molecule has 19 heavy (non-hydrogen) atoms. The standard InChI is InChI=1S/C16H21NOS/c1-7-17(8-1)9-2-10-18-11-5-14-3-4-16-15(13-14)6-12-19-16/h3-4,6,12-13H,1-2,5,7-11H2. The molecule has 0 aliphatic carbocycles. The van der Waals surface area contributed by atoms with Crippen molar-refractivity contribution in [3.63, 3.8) is 0 Å². The zero-order valence-corrected chi connectivity index (χ0v) is 12.1. The average Bonchev–Trinajstić information content (AvgIpc) is 2.83. The van der Waals surface area contributed by atoms with Gasteiger partial charge in [-0.05, 0) is 60.8 Å². The molecule has 2 aromatic rings. The monoisotopic (exact) mass is 275 g/mol. The van der Waals surface area contributed by atoms with Crippen molar-refractivity contribution in [2.75, 3.05) is 32.8 Å². The molecule has 0 spiro atoms. The van der Waals surface area contributed by atoms with E-state index in [4.69, 9.17) is 4.74 Å². The van der Waals surface area contributed by atoms with E-state index in [1.165, 1.54) is 48.1 Å². The number of ether oxygens (including phenoxy) is 1. The van der Waals surface area contributed by atoms with Gasteiger partial charge in [-0.3, -0.25) is 0 Å². The number of hydrogen-bond donors (Lipinski definition) is 0. The zero-order chi connectivity index (χ0) is 12.9. The molecule has 1 saturated heterocycles. The van der Waals surface area contributed by atoms with Crippen LogP contribution in [0.25, 0.3) is 10.1 Å². The molecular weight excluding hydrogens is 254 g/mol. The Morgan fingerprint density at radius 3 is 2.95 bits per heavy atom. The second-order valence-corrected chi connectivity index (χ2v) is 6.15. The van der Waals surface area contributed by atoms with Crippen LogP contribution in [0.2, 0.25) is 0 Å². The van der Waals surface area contributed by atoms with Gasteiger partial charge >= 0.3 is 0 Å². The molecule has 3 rings (SSSR count). The number of rotatable bonds is 7. The Balaban J connectivity index is 1.34. The summed E-state index contributed by atoms with van der Waals surface area (Å²) in [5.74, 6) is 0. The molecule has 102 valence electrons. The average molecular weight is 275 g/mol. The van der Waals surface area contributed by atoms with Crippen molar-refractivity contribution in [3.8, 4) is 0 Å². The number of fused-ring (bicyclic) bond motifs is 1. The molecule has 3 heteroatoms. The van der Waals surface area contributed by atoms with Crippen LogP contribution in [0.5, 0.6) is 0 Å². The van der Waals surface area contributed by atoms with Gasteiger partial charge in [0, 0.05) is 17.9 Å². The van der Waals surface area contributed by atoms with E-state index in [2.05, 4.69) is 34.5 Å². The van der Waals surface area contributed by atoms with Crippen LogP contribution in [0.1, 0.15) is 18.4 Å². The van der Waals surface area contributed by atoms with E-state index < -0.39 is 0 Å². The van der Waals surface area contributed by atoms with Crippen LogP contribution >= 0.6 is 11.3 Å². The molecular formula is C16H21NOS. The van der Waals surface area contributed by atoms with E-state index in [-0.39, 0.29) is 0 Å². The quantitative estimate of drug-likeness (QED) is 0.716. The predicted octanol–water partition coefficient (Wildman–Crippen LogP) is 3.56. The normalized spacial score (nSPS) is 15.8. The highest BCUT2D eigenvalue weighted by Crippen LogP contribution is 2.21. The lowest BCUT2D eigenvalue weighted by Crippen LogP contribution is -2.38. The van der Waals surface area contributed by atoms with Gasteiger partial charge in [0.05, 0.1) is 6.61 Å². The first-order valence-corrected chi connectivity index (χ1v) is 8.06. The molecule has 0 amide bonds. The fraction of sp³-hybridized carbons (Fsp3) is 0.500. The summed E-state index contributed by atoms with van der Waals surface area (Å²) in [5.41, 5.74) is 1.38. The van der Waals surface area contributed by atoms with E-state index in [0.29, 0.717) is 0 Å². The summed E-state index contributed by atoms with van der Waals surface area (Å²) < 4.78 is 7.10. The molecule has 0 atom stereocenters. The van der Waals surface area contributed by atoms with Crippen LogP contribution in [-0.4, -0.2) is 37.7 Å². The number of benzene rings is 1. The fourth-order valence-corrected chi connectivity index (χ4v) is 3.23. The van der Waals surface area contributed by atoms with E-state index >= 15 is 0 Å². The van der Waals surface area contributed by atoms with E-state index in [9.17, 15) is 0 Å². The van der Waals surface area contributed by atoms with Gasteiger partial charge in [-0.25, -0.2) is 0 Å². The lowest BCUT2D eigenvalue weighted by atomic mass is 10.1. The van der Waals surface area contributed by atoms with Crippen LogP contribution in [0.3, 0.4) is 0 Å². The summed E-state index contributed by atoms with van der Waals surface area (Å²) in [6, 6.07) is 8.92. The van der Waals surface area contributed by atoms with Gasteiger partial charge in [-0.2, -0.15) is 0 Å². The number of thiophene rings is 1. The third-order valence-corrected chi connectivity index (χ3v) is 4.66. The molecule has 0 N–H and O–H groups in total. The number of hydrogen-bond acceptors (Lipinski definition) is 3. The summed E-state index contributed by atoms with van der Waals surface area (Å²) in [4.78, 5) is 2.49. The Morgan fingerprint density at radius 2 is 2.11 bits per heavy atom. The third-order valence-electron chi connectivity index (χ3n) is 3.76. The maximum Gasteiger partial charge on any atom is 0.0506 e. The largest absolute Gasteiger partial charge is 0.381 e. The highest BCUT2D eigenvalue weighted by molar-refractivity contribution is 7.17. The van der Waals surface area contributed by atoms with Crippen molar-refractivity contribution in [2.45, 2.75) is 19.3 Å². The second kappa shape index (κ2) is 6.51. The Hall–Kier alpha value is -0.900. The molecule has 1 aromatic carbocycles. The smallest absolute Gasteiger partial charge is 0.0506 e. The van der Waals surface area contributed by atoms with Gasteiger partial charge < -0.3 is 9.64 Å².